The first-order valence-corrected chi connectivity index (χ1v) is 14.7. The Bertz CT molecular complexity index is 1330. The van der Waals surface area contributed by atoms with Gasteiger partial charge in [0.05, 0.1) is 31.0 Å². The number of hydrogen-bond acceptors (Lipinski definition) is 9. The van der Waals surface area contributed by atoms with Crippen molar-refractivity contribution in [2.75, 3.05) is 28.3 Å². The number of epoxide rings is 1. The molecule has 0 spiro atoms. The molecule has 206 valence electrons. The van der Waals surface area contributed by atoms with Gasteiger partial charge in [0.1, 0.15) is 47.6 Å². The molecule has 2 bridgehead atoms. The van der Waals surface area contributed by atoms with Crippen molar-refractivity contribution < 1.29 is 37.8 Å². The van der Waals surface area contributed by atoms with Crippen molar-refractivity contribution >= 4 is 34.6 Å². The molecule has 0 aliphatic carbocycles. The SMILES string of the molecule is COc1ccc(COC(=O)c2ccc(C(OC)(C(=O)OC3CC4C5OC5C(C3)[N+]4(C)C)c3cccs3)s2)cc1. The van der Waals surface area contributed by atoms with Gasteiger partial charge in [0.15, 0.2) is 0 Å². The first-order valence-electron chi connectivity index (χ1n) is 13.0. The van der Waals surface area contributed by atoms with Crippen LogP contribution in [-0.2, 0) is 35.9 Å². The number of nitrogens with zero attached hydrogens (tertiary/aromatic N) is 1. The molecular weight excluding hydrogens is 538 g/mol. The zero-order valence-electron chi connectivity index (χ0n) is 22.3. The van der Waals surface area contributed by atoms with Crippen LogP contribution in [0.15, 0.2) is 53.9 Å². The fraction of sp³-hybridized carbons (Fsp3) is 0.448. The van der Waals surface area contributed by atoms with Gasteiger partial charge in [-0.3, -0.25) is 0 Å². The lowest BCUT2D eigenvalue weighted by Gasteiger charge is -2.45. The van der Waals surface area contributed by atoms with Gasteiger partial charge in [-0.2, -0.15) is 0 Å². The van der Waals surface area contributed by atoms with Gasteiger partial charge in [-0.15, -0.1) is 22.7 Å². The van der Waals surface area contributed by atoms with Gasteiger partial charge < -0.3 is 28.2 Å². The largest absolute Gasteiger partial charge is 0.497 e. The van der Waals surface area contributed by atoms with Crippen LogP contribution < -0.4 is 4.74 Å². The first-order chi connectivity index (χ1) is 18.8. The fourth-order valence-electron chi connectivity index (χ4n) is 6.20. The Kier molecular flexibility index (Phi) is 6.79. The third-order valence-electron chi connectivity index (χ3n) is 8.46. The summed E-state index contributed by atoms with van der Waals surface area (Å²) in [5, 5.41) is 1.90. The second-order valence-corrected chi connectivity index (χ2v) is 12.8. The summed E-state index contributed by atoms with van der Waals surface area (Å²) in [7, 11) is 7.60. The molecule has 0 N–H and O–H groups in total. The van der Waals surface area contributed by atoms with Gasteiger partial charge in [0, 0.05) is 20.0 Å². The fourth-order valence-corrected chi connectivity index (χ4v) is 8.24. The number of esters is 2. The van der Waals surface area contributed by atoms with Crippen LogP contribution in [0.4, 0.5) is 0 Å². The van der Waals surface area contributed by atoms with Crippen LogP contribution in [0, 0.1) is 0 Å². The number of benzene rings is 1. The number of methoxy groups -OCH3 is 2. The highest BCUT2D eigenvalue weighted by atomic mass is 32.1. The van der Waals surface area contributed by atoms with E-state index < -0.39 is 17.5 Å². The average Bonchev–Trinajstić information content (AvgIpc) is 3.23. The first kappa shape index (κ1) is 26.5. The normalized spacial score (nSPS) is 27.7. The second-order valence-electron chi connectivity index (χ2n) is 10.8. The highest BCUT2D eigenvalue weighted by molar-refractivity contribution is 7.14. The van der Waals surface area contributed by atoms with Crippen molar-refractivity contribution in [1.82, 2.24) is 0 Å². The van der Waals surface area contributed by atoms with Gasteiger partial charge in [0.2, 0.25) is 5.60 Å². The molecule has 0 amide bonds. The van der Waals surface area contributed by atoms with Crippen LogP contribution in [-0.4, -0.2) is 75.1 Å². The number of hydrogen-bond donors (Lipinski definition) is 0. The topological polar surface area (TPSA) is 83.6 Å². The van der Waals surface area contributed by atoms with Crippen molar-refractivity contribution in [2.45, 2.75) is 55.4 Å². The van der Waals surface area contributed by atoms with E-state index in [-0.39, 0.29) is 24.9 Å². The number of carbonyl (C=O) groups excluding carboxylic acids is 2. The van der Waals surface area contributed by atoms with E-state index in [0.29, 0.717) is 26.7 Å². The number of ether oxygens (including phenoxy) is 5. The van der Waals surface area contributed by atoms with Crippen molar-refractivity contribution in [3.8, 4) is 5.75 Å². The van der Waals surface area contributed by atoms with E-state index in [9.17, 15) is 9.59 Å². The number of thiophene rings is 2. The highest BCUT2D eigenvalue weighted by Gasteiger charge is 2.71. The second kappa shape index (κ2) is 10.0. The number of likely N-dealkylation sites (N-methyl/N-ethyl adjacent to an activating group) is 1. The van der Waals surface area contributed by atoms with Crippen LogP contribution in [0.2, 0.25) is 0 Å². The minimum absolute atomic E-state index is 0.128. The molecule has 0 saturated carbocycles. The van der Waals surface area contributed by atoms with E-state index in [1.807, 2.05) is 41.8 Å². The summed E-state index contributed by atoms with van der Waals surface area (Å²) >= 11 is 2.61. The lowest BCUT2D eigenvalue weighted by atomic mass is 9.95. The molecule has 6 rings (SSSR count). The van der Waals surface area contributed by atoms with Crippen LogP contribution in [0.5, 0.6) is 5.75 Å². The van der Waals surface area contributed by atoms with E-state index in [1.165, 1.54) is 29.8 Å². The molecule has 3 aliphatic rings. The van der Waals surface area contributed by atoms with Gasteiger partial charge >= 0.3 is 11.9 Å². The Morgan fingerprint density at radius 3 is 2.33 bits per heavy atom. The Morgan fingerprint density at radius 1 is 1.00 bits per heavy atom. The predicted octanol–water partition coefficient (Wildman–Crippen LogP) is 4.37. The Labute approximate surface area is 235 Å². The molecular formula is C29H32NO7S2+. The minimum Gasteiger partial charge on any atom is -0.497 e. The van der Waals surface area contributed by atoms with E-state index in [2.05, 4.69) is 14.1 Å². The summed E-state index contributed by atoms with van der Waals surface area (Å²) in [4.78, 5) is 28.6. The van der Waals surface area contributed by atoms with Crippen molar-refractivity contribution in [3.05, 3.63) is 74.1 Å². The molecule has 5 atom stereocenters. The summed E-state index contributed by atoms with van der Waals surface area (Å²) < 4.78 is 29.7. The molecule has 3 aliphatic heterocycles. The lowest BCUT2D eigenvalue weighted by molar-refractivity contribution is -0.938. The molecule has 3 fully saturated rings. The molecule has 3 aromatic rings. The van der Waals surface area contributed by atoms with Crippen molar-refractivity contribution in [3.63, 3.8) is 0 Å². The molecule has 5 heterocycles. The zero-order valence-corrected chi connectivity index (χ0v) is 24.0. The monoisotopic (exact) mass is 570 g/mol. The zero-order chi connectivity index (χ0) is 27.4. The molecule has 0 radical (unpaired) electrons. The van der Waals surface area contributed by atoms with E-state index in [4.69, 9.17) is 23.7 Å². The van der Waals surface area contributed by atoms with Crippen LogP contribution in [0.3, 0.4) is 0 Å². The molecule has 10 heteroatoms. The van der Waals surface area contributed by atoms with Crippen molar-refractivity contribution in [2.24, 2.45) is 0 Å². The summed E-state index contributed by atoms with van der Waals surface area (Å²) in [6, 6.07) is 15.2. The molecule has 2 aromatic heterocycles. The van der Waals surface area contributed by atoms with Crippen LogP contribution >= 0.6 is 22.7 Å². The van der Waals surface area contributed by atoms with E-state index in [1.54, 1.807) is 19.2 Å². The van der Waals surface area contributed by atoms with Gasteiger partial charge in [-0.1, -0.05) is 18.2 Å². The Morgan fingerprint density at radius 2 is 1.72 bits per heavy atom. The number of quaternary nitrogens is 1. The number of piperidine rings is 1. The number of carbonyl (C=O) groups is 2. The molecule has 8 nitrogen and oxygen atoms in total. The molecule has 3 saturated heterocycles. The van der Waals surface area contributed by atoms with Gasteiger partial charge in [-0.05, 0) is 41.3 Å². The summed E-state index contributed by atoms with van der Waals surface area (Å²) in [6.07, 6.45) is 1.84. The van der Waals surface area contributed by atoms with Gasteiger partial charge in [-0.25, -0.2) is 9.59 Å². The standard InChI is InChI=1S/C29H32NO7S2/c1-30(2)20-14-19(15-21(30)26-25(20)37-26)36-28(32)29(34-4,23-6-5-13-38-23)24-12-11-22(39-24)27(31)35-16-17-7-9-18(33-3)10-8-17/h5-13,19-21,25-26H,14-16H2,1-4H3/q+1. The predicted molar refractivity (Wildman–Crippen MR) is 146 cm³/mol. The van der Waals surface area contributed by atoms with E-state index in [0.717, 1.165) is 28.6 Å². The smallest absolute Gasteiger partial charge is 0.349 e. The third-order valence-corrected chi connectivity index (χ3v) is 10.6. The maximum absolute atomic E-state index is 14.0. The summed E-state index contributed by atoms with van der Waals surface area (Å²) in [6.45, 7) is 0.128. The third kappa shape index (κ3) is 4.48. The Balaban J connectivity index is 1.20. The quantitative estimate of drug-likeness (QED) is 0.215. The Hall–Kier alpha value is -2.76. The lowest BCUT2D eigenvalue weighted by Crippen LogP contribution is -2.60. The van der Waals surface area contributed by atoms with Crippen LogP contribution in [0.1, 0.15) is 37.8 Å². The van der Waals surface area contributed by atoms with Crippen molar-refractivity contribution in [1.29, 1.82) is 0 Å². The van der Waals surface area contributed by atoms with Crippen LogP contribution in [0.25, 0.3) is 0 Å². The molecule has 1 aromatic carbocycles. The highest BCUT2D eigenvalue weighted by Crippen LogP contribution is 2.52. The maximum atomic E-state index is 14.0. The summed E-state index contributed by atoms with van der Waals surface area (Å²) in [5.74, 6) is -0.188. The average molecular weight is 571 g/mol. The molecule has 39 heavy (non-hydrogen) atoms. The molecule has 5 unspecified atom stereocenters. The number of fused-ring (bicyclic) bond motifs is 5. The van der Waals surface area contributed by atoms with Gasteiger partial charge in [0.25, 0.3) is 0 Å². The summed E-state index contributed by atoms with van der Waals surface area (Å²) in [5.41, 5.74) is -0.617. The number of morpholine rings is 1. The van der Waals surface area contributed by atoms with E-state index >= 15 is 0 Å². The minimum atomic E-state index is -1.46. The number of rotatable bonds is 9. The maximum Gasteiger partial charge on any atom is 0.349 e.